The van der Waals surface area contributed by atoms with E-state index < -0.39 is 0 Å². The molecule has 2 aromatic heterocycles. The monoisotopic (exact) mass is 261 g/mol. The van der Waals surface area contributed by atoms with Gasteiger partial charge in [0.1, 0.15) is 5.82 Å². The highest BCUT2D eigenvalue weighted by Crippen LogP contribution is 2.15. The van der Waals surface area contributed by atoms with Crippen LogP contribution in [0.15, 0.2) is 0 Å². The number of H-pyrrole nitrogens is 1. The highest BCUT2D eigenvalue weighted by molar-refractivity contribution is 5.23. The van der Waals surface area contributed by atoms with E-state index in [0.717, 1.165) is 42.3 Å². The van der Waals surface area contributed by atoms with Crippen LogP contribution in [0.25, 0.3) is 0 Å². The van der Waals surface area contributed by atoms with E-state index in [-0.39, 0.29) is 0 Å². The Labute approximate surface area is 114 Å². The molecule has 2 heterocycles. The molecule has 0 spiro atoms. The number of nitrogens with zero attached hydrogens (tertiary/aromatic N) is 4. The first-order valence-corrected chi connectivity index (χ1v) is 6.97. The van der Waals surface area contributed by atoms with Crippen LogP contribution in [0.2, 0.25) is 0 Å². The first kappa shape index (κ1) is 13.8. The molecule has 2 rings (SSSR count). The number of hydrogen-bond donors (Lipinski definition) is 1. The highest BCUT2D eigenvalue weighted by atomic mass is 15.4. The van der Waals surface area contributed by atoms with Gasteiger partial charge in [0, 0.05) is 24.6 Å². The lowest BCUT2D eigenvalue weighted by Crippen LogP contribution is -2.09. The van der Waals surface area contributed by atoms with Gasteiger partial charge in [0.15, 0.2) is 5.82 Å². The first-order valence-electron chi connectivity index (χ1n) is 6.97. The molecule has 0 radical (unpaired) electrons. The summed E-state index contributed by atoms with van der Waals surface area (Å²) in [6, 6.07) is 0.356. The van der Waals surface area contributed by atoms with E-state index in [1.807, 2.05) is 11.6 Å². The minimum absolute atomic E-state index is 0.356. The van der Waals surface area contributed by atoms with Crippen LogP contribution in [0.3, 0.4) is 0 Å². The van der Waals surface area contributed by atoms with Gasteiger partial charge in [-0.1, -0.05) is 6.92 Å². The van der Waals surface area contributed by atoms with Crippen molar-refractivity contribution >= 4 is 0 Å². The summed E-state index contributed by atoms with van der Waals surface area (Å²) in [6.45, 7) is 10.5. The van der Waals surface area contributed by atoms with Gasteiger partial charge in [0.2, 0.25) is 0 Å². The predicted molar refractivity (Wildman–Crippen MR) is 75.3 cm³/mol. The number of hydrogen-bond acceptors (Lipinski definition) is 3. The number of aromatic nitrogens is 5. The standard InChI is InChI=1S/C14H23N5/c1-6-13-15-14(19(18-13)9(2)3)8-7-12-10(4)16-17-11(12)5/h9H,6-8H2,1-5H3,(H,16,17). The molecule has 104 valence electrons. The average Bonchev–Trinajstić information content (AvgIpc) is 2.92. The third-order valence-corrected chi connectivity index (χ3v) is 3.43. The van der Waals surface area contributed by atoms with Gasteiger partial charge >= 0.3 is 0 Å². The fourth-order valence-corrected chi connectivity index (χ4v) is 2.32. The van der Waals surface area contributed by atoms with Crippen molar-refractivity contribution in [3.8, 4) is 0 Å². The molecule has 0 fully saturated rings. The van der Waals surface area contributed by atoms with Crippen molar-refractivity contribution in [2.24, 2.45) is 0 Å². The molecule has 2 aromatic rings. The lowest BCUT2D eigenvalue weighted by atomic mass is 10.1. The van der Waals surface area contributed by atoms with Gasteiger partial charge in [-0.3, -0.25) is 5.10 Å². The van der Waals surface area contributed by atoms with Crippen molar-refractivity contribution in [3.05, 3.63) is 28.6 Å². The average molecular weight is 261 g/mol. The Bertz CT molecular complexity index is 531. The highest BCUT2D eigenvalue weighted by Gasteiger charge is 2.13. The molecule has 0 aliphatic heterocycles. The molecule has 19 heavy (non-hydrogen) atoms. The fourth-order valence-electron chi connectivity index (χ4n) is 2.32. The molecule has 0 bridgehead atoms. The molecule has 5 nitrogen and oxygen atoms in total. The summed E-state index contributed by atoms with van der Waals surface area (Å²) in [4.78, 5) is 4.63. The smallest absolute Gasteiger partial charge is 0.150 e. The van der Waals surface area contributed by atoms with Crippen LogP contribution in [0, 0.1) is 13.8 Å². The van der Waals surface area contributed by atoms with Gasteiger partial charge in [0.05, 0.1) is 5.69 Å². The zero-order valence-corrected chi connectivity index (χ0v) is 12.5. The first-order chi connectivity index (χ1) is 9.02. The summed E-state index contributed by atoms with van der Waals surface area (Å²) in [7, 11) is 0. The molecular weight excluding hydrogens is 238 g/mol. The van der Waals surface area contributed by atoms with Crippen LogP contribution in [-0.2, 0) is 19.3 Å². The van der Waals surface area contributed by atoms with Crippen LogP contribution in [0.5, 0.6) is 0 Å². The van der Waals surface area contributed by atoms with Crippen molar-refractivity contribution in [1.29, 1.82) is 0 Å². The van der Waals surface area contributed by atoms with E-state index in [2.05, 4.69) is 48.0 Å². The SMILES string of the molecule is CCc1nc(CCc2c(C)n[nH]c2C)n(C(C)C)n1. The Morgan fingerprint density at radius 2 is 1.95 bits per heavy atom. The van der Waals surface area contributed by atoms with E-state index in [1.54, 1.807) is 0 Å². The van der Waals surface area contributed by atoms with Gasteiger partial charge in [0.25, 0.3) is 0 Å². The Morgan fingerprint density at radius 3 is 2.47 bits per heavy atom. The summed E-state index contributed by atoms with van der Waals surface area (Å²) >= 11 is 0. The second kappa shape index (κ2) is 5.55. The predicted octanol–water partition coefficient (Wildman–Crippen LogP) is 2.55. The third-order valence-electron chi connectivity index (χ3n) is 3.43. The van der Waals surface area contributed by atoms with E-state index in [9.17, 15) is 0 Å². The van der Waals surface area contributed by atoms with Crippen molar-refractivity contribution in [2.75, 3.05) is 0 Å². The zero-order valence-electron chi connectivity index (χ0n) is 12.5. The van der Waals surface area contributed by atoms with Gasteiger partial charge in [-0.15, -0.1) is 0 Å². The molecular formula is C14H23N5. The third kappa shape index (κ3) is 2.85. The maximum atomic E-state index is 4.63. The second-order valence-electron chi connectivity index (χ2n) is 5.25. The largest absolute Gasteiger partial charge is 0.282 e. The minimum atomic E-state index is 0.356. The summed E-state index contributed by atoms with van der Waals surface area (Å²) in [6.07, 6.45) is 2.76. The van der Waals surface area contributed by atoms with Crippen LogP contribution in [-0.4, -0.2) is 25.0 Å². The lowest BCUT2D eigenvalue weighted by Gasteiger charge is -2.09. The summed E-state index contributed by atoms with van der Waals surface area (Å²) in [5, 5.41) is 11.8. The lowest BCUT2D eigenvalue weighted by molar-refractivity contribution is 0.501. The molecule has 0 aliphatic rings. The Kier molecular flexibility index (Phi) is 4.02. The van der Waals surface area contributed by atoms with Gasteiger partial charge in [-0.2, -0.15) is 10.2 Å². The number of nitrogens with one attached hydrogen (secondary N) is 1. The number of aryl methyl sites for hydroxylation is 4. The Balaban J connectivity index is 2.17. The van der Waals surface area contributed by atoms with Crippen LogP contribution < -0.4 is 0 Å². The number of aromatic amines is 1. The summed E-state index contributed by atoms with van der Waals surface area (Å²) in [5.41, 5.74) is 3.55. The van der Waals surface area contributed by atoms with E-state index >= 15 is 0 Å². The molecule has 0 unspecified atom stereocenters. The zero-order chi connectivity index (χ0) is 14.0. The van der Waals surface area contributed by atoms with E-state index in [1.165, 1.54) is 5.56 Å². The molecule has 0 atom stereocenters. The van der Waals surface area contributed by atoms with E-state index in [0.29, 0.717) is 6.04 Å². The molecule has 0 saturated carbocycles. The van der Waals surface area contributed by atoms with Gasteiger partial charge in [-0.25, -0.2) is 9.67 Å². The topological polar surface area (TPSA) is 59.4 Å². The van der Waals surface area contributed by atoms with Crippen molar-refractivity contribution in [2.45, 2.75) is 59.9 Å². The van der Waals surface area contributed by atoms with Crippen molar-refractivity contribution in [3.63, 3.8) is 0 Å². The van der Waals surface area contributed by atoms with Crippen molar-refractivity contribution < 1.29 is 0 Å². The Hall–Kier alpha value is -1.65. The maximum absolute atomic E-state index is 4.63. The van der Waals surface area contributed by atoms with Crippen LogP contribution in [0.4, 0.5) is 0 Å². The van der Waals surface area contributed by atoms with Crippen LogP contribution >= 0.6 is 0 Å². The second-order valence-corrected chi connectivity index (χ2v) is 5.25. The van der Waals surface area contributed by atoms with Crippen molar-refractivity contribution in [1.82, 2.24) is 25.0 Å². The molecule has 1 N–H and O–H groups in total. The minimum Gasteiger partial charge on any atom is -0.282 e. The van der Waals surface area contributed by atoms with E-state index in [4.69, 9.17) is 0 Å². The molecule has 0 aromatic carbocycles. The molecule has 0 aliphatic carbocycles. The van der Waals surface area contributed by atoms with Gasteiger partial charge < -0.3 is 0 Å². The molecule has 0 saturated heterocycles. The molecule has 0 amide bonds. The summed E-state index contributed by atoms with van der Waals surface area (Å²) < 4.78 is 2.05. The fraction of sp³-hybridized carbons (Fsp3) is 0.643. The number of rotatable bonds is 5. The maximum Gasteiger partial charge on any atom is 0.150 e. The normalized spacial score (nSPS) is 11.5. The van der Waals surface area contributed by atoms with Crippen LogP contribution in [0.1, 0.15) is 55.4 Å². The van der Waals surface area contributed by atoms with Gasteiger partial charge in [-0.05, 0) is 39.7 Å². The summed E-state index contributed by atoms with van der Waals surface area (Å²) in [5.74, 6) is 2.01. The Morgan fingerprint density at radius 1 is 1.21 bits per heavy atom. The quantitative estimate of drug-likeness (QED) is 0.899. The molecule has 5 heteroatoms.